The van der Waals surface area contributed by atoms with Crippen molar-refractivity contribution in [1.29, 1.82) is 0 Å². The lowest BCUT2D eigenvalue weighted by Crippen LogP contribution is -2.08. The fourth-order valence-corrected chi connectivity index (χ4v) is 0.695. The van der Waals surface area contributed by atoms with E-state index in [-0.39, 0.29) is 0 Å². The first-order chi connectivity index (χ1) is 3.72. The van der Waals surface area contributed by atoms with Crippen LogP contribution in [0.25, 0.3) is 0 Å². The van der Waals surface area contributed by atoms with Gasteiger partial charge >= 0.3 is 0 Å². The van der Waals surface area contributed by atoms with Crippen LogP contribution in [-0.4, -0.2) is 17.5 Å². The van der Waals surface area contributed by atoms with Crippen LogP contribution in [0.2, 0.25) is 0 Å². The minimum atomic E-state index is 0.872. The molecule has 0 atom stereocenters. The van der Waals surface area contributed by atoms with Gasteiger partial charge in [0.15, 0.2) is 5.71 Å². The number of hydrogen-bond acceptors (Lipinski definition) is 1. The van der Waals surface area contributed by atoms with E-state index in [2.05, 4.69) is 0 Å². The summed E-state index contributed by atoms with van der Waals surface area (Å²) in [6.07, 6.45) is 1.74. The summed E-state index contributed by atoms with van der Waals surface area (Å²) in [6.45, 7) is 3.99. The van der Waals surface area contributed by atoms with Crippen molar-refractivity contribution in [1.82, 2.24) is 0 Å². The molecular formula is C6H13NO. The van der Waals surface area contributed by atoms with Gasteiger partial charge in [-0.1, -0.05) is 13.8 Å². The minimum Gasteiger partial charge on any atom is -0.624 e. The van der Waals surface area contributed by atoms with Crippen molar-refractivity contribution in [2.45, 2.75) is 26.7 Å². The van der Waals surface area contributed by atoms with Gasteiger partial charge in [0.05, 0.1) is 0 Å². The van der Waals surface area contributed by atoms with Gasteiger partial charge in [0.2, 0.25) is 0 Å². The van der Waals surface area contributed by atoms with E-state index in [0.717, 1.165) is 23.3 Å². The normalized spacial score (nSPS) is 8.88. The smallest absolute Gasteiger partial charge is 0.162 e. The highest BCUT2D eigenvalue weighted by Gasteiger charge is 1.96. The molecule has 2 heteroatoms. The second-order valence-corrected chi connectivity index (χ2v) is 1.77. The van der Waals surface area contributed by atoms with Gasteiger partial charge in [0.1, 0.15) is 7.05 Å². The summed E-state index contributed by atoms with van der Waals surface area (Å²) in [5.41, 5.74) is 0.963. The monoisotopic (exact) mass is 115 g/mol. The molecule has 0 N–H and O–H groups in total. The van der Waals surface area contributed by atoms with Gasteiger partial charge in [0.25, 0.3) is 0 Å². The second-order valence-electron chi connectivity index (χ2n) is 1.77. The lowest BCUT2D eigenvalue weighted by molar-refractivity contribution is -0.425. The fourth-order valence-electron chi connectivity index (χ4n) is 0.695. The molecule has 0 amide bonds. The Balaban J connectivity index is 3.86. The highest BCUT2D eigenvalue weighted by molar-refractivity contribution is 5.78. The quantitative estimate of drug-likeness (QED) is 0.231. The molecule has 0 aliphatic carbocycles. The van der Waals surface area contributed by atoms with Gasteiger partial charge in [0, 0.05) is 12.8 Å². The van der Waals surface area contributed by atoms with Crippen LogP contribution >= 0.6 is 0 Å². The first kappa shape index (κ1) is 7.47. The maximum absolute atomic E-state index is 10.5. The fraction of sp³-hybridized carbons (Fsp3) is 0.833. The molecule has 0 saturated heterocycles. The van der Waals surface area contributed by atoms with Crippen LogP contribution in [0.3, 0.4) is 0 Å². The molecule has 48 valence electrons. The van der Waals surface area contributed by atoms with Crippen LogP contribution < -0.4 is 0 Å². The molecule has 0 aliphatic rings. The number of rotatable bonds is 2. The Morgan fingerprint density at radius 1 is 1.38 bits per heavy atom. The van der Waals surface area contributed by atoms with Crippen molar-refractivity contribution in [3.63, 3.8) is 0 Å². The van der Waals surface area contributed by atoms with E-state index in [0.29, 0.717) is 0 Å². The van der Waals surface area contributed by atoms with Crippen molar-refractivity contribution < 1.29 is 4.74 Å². The maximum Gasteiger partial charge on any atom is 0.162 e. The Kier molecular flexibility index (Phi) is 3.24. The van der Waals surface area contributed by atoms with E-state index in [1.54, 1.807) is 7.05 Å². The highest BCUT2D eigenvalue weighted by Crippen LogP contribution is 1.88. The van der Waals surface area contributed by atoms with Gasteiger partial charge < -0.3 is 5.21 Å². The molecule has 2 nitrogen and oxygen atoms in total. The Bertz CT molecular complexity index is 86.7. The van der Waals surface area contributed by atoms with E-state index in [1.165, 1.54) is 0 Å². The van der Waals surface area contributed by atoms with Gasteiger partial charge in [-0.05, 0) is 0 Å². The Hall–Kier alpha value is -0.530. The Labute approximate surface area is 50.4 Å². The van der Waals surface area contributed by atoms with Crippen LogP contribution in [0, 0.1) is 5.21 Å². The molecule has 8 heavy (non-hydrogen) atoms. The molecule has 0 spiro atoms. The SMILES string of the molecule is CCC(CC)=[N+](C)[O-]. The summed E-state index contributed by atoms with van der Waals surface area (Å²) in [6, 6.07) is 0. The number of hydroxylamine groups is 1. The third-order valence-electron chi connectivity index (χ3n) is 1.26. The van der Waals surface area contributed by atoms with Gasteiger partial charge in [-0.15, -0.1) is 0 Å². The first-order valence-electron chi connectivity index (χ1n) is 2.97. The summed E-state index contributed by atoms with van der Waals surface area (Å²) in [5.74, 6) is 0. The zero-order valence-corrected chi connectivity index (χ0v) is 5.77. The Morgan fingerprint density at radius 3 is 1.75 bits per heavy atom. The topological polar surface area (TPSA) is 26.1 Å². The van der Waals surface area contributed by atoms with Crippen LogP contribution in [-0.2, 0) is 0 Å². The second kappa shape index (κ2) is 3.47. The molecule has 0 rings (SSSR count). The van der Waals surface area contributed by atoms with E-state index in [1.807, 2.05) is 13.8 Å². The molecule has 0 aromatic heterocycles. The average molecular weight is 115 g/mol. The molecule has 0 saturated carbocycles. The van der Waals surface area contributed by atoms with Crippen LogP contribution in [0.5, 0.6) is 0 Å². The van der Waals surface area contributed by atoms with Gasteiger partial charge in [-0.25, -0.2) is 4.74 Å². The van der Waals surface area contributed by atoms with Crippen molar-refractivity contribution in [2.75, 3.05) is 7.05 Å². The first-order valence-corrected chi connectivity index (χ1v) is 2.97. The van der Waals surface area contributed by atoms with E-state index >= 15 is 0 Å². The molecule has 0 unspecified atom stereocenters. The predicted octanol–water partition coefficient (Wildman–Crippen LogP) is 1.39. The molecule has 0 heterocycles. The highest BCUT2D eigenvalue weighted by atomic mass is 16.5. The average Bonchev–Trinajstić information content (AvgIpc) is 1.69. The summed E-state index contributed by atoms with van der Waals surface area (Å²) < 4.78 is 0.944. The maximum atomic E-state index is 10.5. The molecule has 0 bridgehead atoms. The zero-order chi connectivity index (χ0) is 6.57. The van der Waals surface area contributed by atoms with Gasteiger partial charge in [-0.3, -0.25) is 0 Å². The summed E-state index contributed by atoms with van der Waals surface area (Å²) in [5, 5.41) is 10.5. The van der Waals surface area contributed by atoms with Crippen molar-refractivity contribution in [2.24, 2.45) is 0 Å². The summed E-state index contributed by atoms with van der Waals surface area (Å²) in [7, 11) is 1.54. The molecule has 0 aliphatic heterocycles. The number of hydrogen-bond donors (Lipinski definition) is 0. The predicted molar refractivity (Wildman–Crippen MR) is 35.1 cm³/mol. The number of nitrogens with zero attached hydrogens (tertiary/aromatic N) is 1. The standard InChI is InChI=1S/C6H13NO/c1-4-6(5-2)7(3)8/h4-5H2,1-3H3. The lowest BCUT2D eigenvalue weighted by atomic mass is 10.2. The van der Waals surface area contributed by atoms with Crippen LogP contribution in [0.4, 0.5) is 0 Å². The molecular weight excluding hydrogens is 102 g/mol. The molecule has 0 fully saturated rings. The van der Waals surface area contributed by atoms with E-state index in [9.17, 15) is 5.21 Å². The Morgan fingerprint density at radius 2 is 1.75 bits per heavy atom. The largest absolute Gasteiger partial charge is 0.624 e. The lowest BCUT2D eigenvalue weighted by Gasteiger charge is -2.00. The van der Waals surface area contributed by atoms with E-state index < -0.39 is 0 Å². The molecule has 0 aromatic rings. The van der Waals surface area contributed by atoms with E-state index in [4.69, 9.17) is 0 Å². The minimum absolute atomic E-state index is 0.872. The van der Waals surface area contributed by atoms with Crippen molar-refractivity contribution >= 4 is 5.71 Å². The zero-order valence-electron chi connectivity index (χ0n) is 5.77. The third-order valence-corrected chi connectivity index (χ3v) is 1.26. The van der Waals surface area contributed by atoms with Gasteiger partial charge in [-0.2, -0.15) is 0 Å². The van der Waals surface area contributed by atoms with Crippen LogP contribution in [0.15, 0.2) is 0 Å². The molecule has 0 aromatic carbocycles. The van der Waals surface area contributed by atoms with Crippen LogP contribution in [0.1, 0.15) is 26.7 Å². The third kappa shape index (κ3) is 1.96. The molecule has 0 radical (unpaired) electrons. The summed E-state index contributed by atoms with van der Waals surface area (Å²) >= 11 is 0. The van der Waals surface area contributed by atoms with Crippen molar-refractivity contribution in [3.8, 4) is 0 Å². The van der Waals surface area contributed by atoms with Crippen molar-refractivity contribution in [3.05, 3.63) is 5.21 Å². The summed E-state index contributed by atoms with van der Waals surface area (Å²) in [4.78, 5) is 0.